The maximum absolute atomic E-state index is 11.8. The van der Waals surface area contributed by atoms with Crippen LogP contribution in [0.3, 0.4) is 0 Å². The van der Waals surface area contributed by atoms with Gasteiger partial charge in [0.2, 0.25) is 5.91 Å². The van der Waals surface area contributed by atoms with E-state index in [-0.39, 0.29) is 18.4 Å². The average Bonchev–Trinajstić information content (AvgIpc) is 2.38. The monoisotopic (exact) mass is 276 g/mol. The summed E-state index contributed by atoms with van der Waals surface area (Å²) >= 11 is 0. The second kappa shape index (κ2) is 6.15. The molecule has 2 rings (SSSR count). The Bertz CT molecular complexity index is 481. The molecular formula is C15H20N2O3. The summed E-state index contributed by atoms with van der Waals surface area (Å²) in [5.41, 5.74) is -0.190. The molecule has 5 nitrogen and oxygen atoms in total. The summed E-state index contributed by atoms with van der Waals surface area (Å²) in [4.78, 5) is 25.4. The van der Waals surface area contributed by atoms with E-state index in [1.807, 2.05) is 17.9 Å². The number of carbonyl (C=O) groups excluding carboxylic acids is 2. The van der Waals surface area contributed by atoms with Crippen molar-refractivity contribution in [1.82, 2.24) is 10.2 Å². The molecule has 0 radical (unpaired) electrons. The number of amides is 2. The molecule has 2 amide bonds. The van der Waals surface area contributed by atoms with Crippen molar-refractivity contribution in [2.45, 2.75) is 25.4 Å². The number of β-amino-alcohol motifs (C(OH)–C–C–N with tert-alkyl or cyclic N) is 1. The number of rotatable bonds is 5. The fourth-order valence-corrected chi connectivity index (χ4v) is 2.55. The maximum atomic E-state index is 11.8. The number of nitrogens with zero attached hydrogens (tertiary/aromatic N) is 1. The first kappa shape index (κ1) is 14.7. The topological polar surface area (TPSA) is 69.6 Å². The Morgan fingerprint density at radius 1 is 1.30 bits per heavy atom. The van der Waals surface area contributed by atoms with Crippen LogP contribution in [0.4, 0.5) is 0 Å². The third-order valence-electron chi connectivity index (χ3n) is 3.41. The van der Waals surface area contributed by atoms with Crippen molar-refractivity contribution in [3.05, 3.63) is 35.9 Å². The molecule has 0 bridgehead atoms. The van der Waals surface area contributed by atoms with Crippen LogP contribution in [0.5, 0.6) is 0 Å². The van der Waals surface area contributed by atoms with Crippen molar-refractivity contribution in [3.8, 4) is 0 Å². The first-order chi connectivity index (χ1) is 9.52. The van der Waals surface area contributed by atoms with Gasteiger partial charge in [-0.1, -0.05) is 31.5 Å². The van der Waals surface area contributed by atoms with E-state index in [1.54, 1.807) is 24.3 Å². The number of carbonyl (C=O) groups is 2. The Hall–Kier alpha value is -1.72. The van der Waals surface area contributed by atoms with Crippen molar-refractivity contribution in [3.63, 3.8) is 0 Å². The molecule has 1 aromatic carbocycles. The number of likely N-dealkylation sites (tertiary alicyclic amines) is 1. The summed E-state index contributed by atoms with van der Waals surface area (Å²) in [6, 6.07) is 8.63. The summed E-state index contributed by atoms with van der Waals surface area (Å²) < 4.78 is 0. The highest BCUT2D eigenvalue weighted by Crippen LogP contribution is 2.24. The van der Waals surface area contributed by atoms with Crippen molar-refractivity contribution in [1.29, 1.82) is 0 Å². The van der Waals surface area contributed by atoms with E-state index < -0.39 is 5.60 Å². The van der Waals surface area contributed by atoms with E-state index in [0.717, 1.165) is 12.8 Å². The van der Waals surface area contributed by atoms with E-state index in [9.17, 15) is 14.7 Å². The molecule has 108 valence electrons. The van der Waals surface area contributed by atoms with Crippen LogP contribution < -0.4 is 5.32 Å². The molecule has 0 unspecified atom stereocenters. The van der Waals surface area contributed by atoms with Gasteiger partial charge in [0, 0.05) is 18.7 Å². The van der Waals surface area contributed by atoms with E-state index in [0.29, 0.717) is 18.7 Å². The zero-order valence-corrected chi connectivity index (χ0v) is 11.6. The molecule has 1 fully saturated rings. The van der Waals surface area contributed by atoms with Crippen molar-refractivity contribution in [2.24, 2.45) is 0 Å². The van der Waals surface area contributed by atoms with Gasteiger partial charge in [-0.25, -0.2) is 0 Å². The molecule has 0 aromatic heterocycles. The van der Waals surface area contributed by atoms with Gasteiger partial charge in [0.1, 0.15) is 0 Å². The van der Waals surface area contributed by atoms with E-state index in [1.165, 1.54) is 0 Å². The van der Waals surface area contributed by atoms with Gasteiger partial charge in [-0.3, -0.25) is 19.8 Å². The van der Waals surface area contributed by atoms with E-state index in [2.05, 4.69) is 5.32 Å². The lowest BCUT2D eigenvalue weighted by molar-refractivity contribution is -0.132. The Morgan fingerprint density at radius 3 is 2.55 bits per heavy atom. The van der Waals surface area contributed by atoms with Gasteiger partial charge < -0.3 is 5.11 Å². The second-order valence-electron chi connectivity index (χ2n) is 5.36. The van der Waals surface area contributed by atoms with Crippen LogP contribution in [0, 0.1) is 0 Å². The second-order valence-corrected chi connectivity index (χ2v) is 5.36. The summed E-state index contributed by atoms with van der Waals surface area (Å²) in [5.74, 6) is -0.725. The largest absolute Gasteiger partial charge is 0.387 e. The highest BCUT2D eigenvalue weighted by molar-refractivity contribution is 6.05. The Labute approximate surface area is 118 Å². The normalized spacial score (nSPS) is 17.3. The fraction of sp³-hybridized carbons (Fsp3) is 0.467. The Balaban J connectivity index is 1.76. The zero-order valence-electron chi connectivity index (χ0n) is 11.6. The van der Waals surface area contributed by atoms with Crippen LogP contribution in [0.1, 0.15) is 30.1 Å². The van der Waals surface area contributed by atoms with Crippen LogP contribution in [-0.4, -0.2) is 47.1 Å². The predicted octanol–water partition coefficient (Wildman–Crippen LogP) is 0.790. The molecule has 0 spiro atoms. The smallest absolute Gasteiger partial charge is 0.257 e. The molecule has 1 aliphatic heterocycles. The summed E-state index contributed by atoms with van der Waals surface area (Å²) in [6.45, 7) is 3.15. The van der Waals surface area contributed by atoms with Gasteiger partial charge in [-0.05, 0) is 18.6 Å². The zero-order chi connectivity index (χ0) is 14.6. The highest BCUT2D eigenvalue weighted by Gasteiger charge is 2.40. The number of hydrogen-bond donors (Lipinski definition) is 2. The third-order valence-corrected chi connectivity index (χ3v) is 3.41. The number of hydrogen-bond acceptors (Lipinski definition) is 4. The molecule has 1 saturated heterocycles. The van der Waals surface area contributed by atoms with Crippen LogP contribution in [0.2, 0.25) is 0 Å². The molecule has 0 aliphatic carbocycles. The average molecular weight is 276 g/mol. The van der Waals surface area contributed by atoms with Gasteiger partial charge in [-0.15, -0.1) is 0 Å². The SMILES string of the molecule is CCCC1(O)CN(CC(=O)NC(=O)c2ccccc2)C1. The lowest BCUT2D eigenvalue weighted by atomic mass is 9.89. The first-order valence-corrected chi connectivity index (χ1v) is 6.86. The minimum Gasteiger partial charge on any atom is -0.387 e. The van der Waals surface area contributed by atoms with Crippen molar-refractivity contribution >= 4 is 11.8 Å². The summed E-state index contributed by atoms with van der Waals surface area (Å²) in [7, 11) is 0. The lowest BCUT2D eigenvalue weighted by Crippen LogP contribution is -2.63. The maximum Gasteiger partial charge on any atom is 0.257 e. The Morgan fingerprint density at radius 2 is 1.95 bits per heavy atom. The third kappa shape index (κ3) is 3.65. The number of benzene rings is 1. The molecular weight excluding hydrogens is 256 g/mol. The summed E-state index contributed by atoms with van der Waals surface area (Å²) in [5, 5.41) is 12.4. The molecule has 20 heavy (non-hydrogen) atoms. The quantitative estimate of drug-likeness (QED) is 0.834. The fourth-order valence-electron chi connectivity index (χ4n) is 2.55. The van der Waals surface area contributed by atoms with Gasteiger partial charge >= 0.3 is 0 Å². The predicted molar refractivity (Wildman–Crippen MR) is 75.2 cm³/mol. The van der Waals surface area contributed by atoms with Crippen LogP contribution >= 0.6 is 0 Å². The van der Waals surface area contributed by atoms with Gasteiger partial charge in [-0.2, -0.15) is 0 Å². The van der Waals surface area contributed by atoms with E-state index in [4.69, 9.17) is 0 Å². The molecule has 2 N–H and O–H groups in total. The Kier molecular flexibility index (Phi) is 4.52. The van der Waals surface area contributed by atoms with Crippen LogP contribution in [-0.2, 0) is 4.79 Å². The number of aliphatic hydroxyl groups is 1. The van der Waals surface area contributed by atoms with Crippen LogP contribution in [0.15, 0.2) is 30.3 Å². The van der Waals surface area contributed by atoms with Crippen molar-refractivity contribution < 1.29 is 14.7 Å². The molecule has 1 aromatic rings. The number of imide groups is 1. The standard InChI is InChI=1S/C15H20N2O3/c1-2-8-15(20)10-17(11-15)9-13(18)16-14(19)12-6-4-3-5-7-12/h3-7,20H,2,8-11H2,1H3,(H,16,18,19). The van der Waals surface area contributed by atoms with Gasteiger partial charge in [0.15, 0.2) is 0 Å². The molecule has 5 heteroatoms. The molecule has 1 heterocycles. The molecule has 0 atom stereocenters. The molecule has 1 aliphatic rings. The lowest BCUT2D eigenvalue weighted by Gasteiger charge is -2.46. The highest BCUT2D eigenvalue weighted by atomic mass is 16.3. The molecule has 0 saturated carbocycles. The minimum absolute atomic E-state index is 0.143. The van der Waals surface area contributed by atoms with Gasteiger partial charge in [0.05, 0.1) is 12.1 Å². The summed E-state index contributed by atoms with van der Waals surface area (Å²) in [6.07, 6.45) is 1.66. The first-order valence-electron chi connectivity index (χ1n) is 6.86. The van der Waals surface area contributed by atoms with E-state index >= 15 is 0 Å². The minimum atomic E-state index is -0.654. The van der Waals surface area contributed by atoms with Crippen molar-refractivity contribution in [2.75, 3.05) is 19.6 Å². The van der Waals surface area contributed by atoms with Gasteiger partial charge in [0.25, 0.3) is 5.91 Å². The number of nitrogens with one attached hydrogen (secondary N) is 1. The van der Waals surface area contributed by atoms with Crippen LogP contribution in [0.25, 0.3) is 0 Å².